The second-order valence-electron chi connectivity index (χ2n) is 11.7. The molecule has 1 saturated carbocycles. The highest BCUT2D eigenvalue weighted by Crippen LogP contribution is 2.66. The van der Waals surface area contributed by atoms with Crippen molar-refractivity contribution in [2.45, 2.75) is 75.7 Å². The number of nitrogens with zero attached hydrogens (tertiary/aromatic N) is 2. The van der Waals surface area contributed by atoms with Crippen molar-refractivity contribution in [1.29, 1.82) is 0 Å². The number of carbonyl (C=O) groups is 2. The summed E-state index contributed by atoms with van der Waals surface area (Å²) in [5.41, 5.74) is -1.44. The van der Waals surface area contributed by atoms with Crippen molar-refractivity contribution >= 4 is 52.9 Å². The molecule has 1 aromatic rings. The van der Waals surface area contributed by atoms with Crippen LogP contribution in [0, 0.1) is 11.7 Å². The lowest BCUT2D eigenvalue weighted by Crippen LogP contribution is -2.48. The van der Waals surface area contributed by atoms with Gasteiger partial charge in [0.2, 0.25) is 5.91 Å². The van der Waals surface area contributed by atoms with Crippen molar-refractivity contribution in [1.82, 2.24) is 10.2 Å². The lowest BCUT2D eigenvalue weighted by Gasteiger charge is -2.37. The average molecular weight is 603 g/mol. The van der Waals surface area contributed by atoms with E-state index >= 15 is 4.39 Å². The van der Waals surface area contributed by atoms with Crippen LogP contribution < -0.4 is 5.32 Å². The number of hydrogen-bond donors (Lipinski definition) is 1. The van der Waals surface area contributed by atoms with Gasteiger partial charge in [0.05, 0.1) is 5.54 Å². The molecule has 1 fully saturated rings. The molecule has 0 saturated heterocycles. The summed E-state index contributed by atoms with van der Waals surface area (Å²) in [7, 11) is 0.241. The quantitative estimate of drug-likeness (QED) is 0.237. The molecule has 0 unspecified atom stereocenters. The number of carbonyl (C=O) groups excluding carboxylic acids is 2. The van der Waals surface area contributed by atoms with E-state index in [0.29, 0.717) is 23.1 Å². The van der Waals surface area contributed by atoms with Gasteiger partial charge in [0.1, 0.15) is 22.9 Å². The smallest absolute Gasteiger partial charge is 0.418 e. The topological polar surface area (TPSA) is 80.2 Å². The number of benzene rings is 1. The minimum absolute atomic E-state index is 0.0727. The fourth-order valence-electron chi connectivity index (χ4n) is 4.27. The molecule has 36 heavy (non-hydrogen) atoms. The first-order chi connectivity index (χ1) is 16.5. The third-order valence-electron chi connectivity index (χ3n) is 6.34. The minimum atomic E-state index is -1.34. The van der Waals surface area contributed by atoms with Gasteiger partial charge in [0, 0.05) is 37.7 Å². The summed E-state index contributed by atoms with van der Waals surface area (Å²) in [6.07, 6.45) is -0.115. The summed E-state index contributed by atoms with van der Waals surface area (Å²) in [4.78, 5) is 32.7. The SMILES string of the molecule is CNC(=O)[C@]12C[C@H]1[C@@](C)(c1cc(Br)ccc1F)N=C(N(COCC[Si](C)(C)C)C(=O)OC(C)(C)C)S2. The second kappa shape index (κ2) is 10.4. The van der Waals surface area contributed by atoms with Crippen LogP contribution in [0.4, 0.5) is 9.18 Å². The first-order valence-electron chi connectivity index (χ1n) is 12.1. The van der Waals surface area contributed by atoms with E-state index in [1.807, 2.05) is 6.92 Å². The Morgan fingerprint density at radius 3 is 2.58 bits per heavy atom. The molecule has 0 aromatic heterocycles. The van der Waals surface area contributed by atoms with Gasteiger partial charge in [0.25, 0.3) is 0 Å². The molecule has 0 bridgehead atoms. The molecule has 3 atom stereocenters. The number of hydrogen-bond acceptors (Lipinski definition) is 6. The molecular formula is C25H37BrFN3O4SSi. The Hall–Kier alpha value is -1.43. The van der Waals surface area contributed by atoms with Gasteiger partial charge in [-0.1, -0.05) is 47.3 Å². The van der Waals surface area contributed by atoms with E-state index in [4.69, 9.17) is 14.5 Å². The molecule has 1 aliphatic heterocycles. The summed E-state index contributed by atoms with van der Waals surface area (Å²) < 4.78 is 26.6. The molecule has 11 heteroatoms. The van der Waals surface area contributed by atoms with Crippen LogP contribution in [0.1, 0.15) is 39.7 Å². The Morgan fingerprint density at radius 2 is 2.00 bits per heavy atom. The Morgan fingerprint density at radius 1 is 1.33 bits per heavy atom. The van der Waals surface area contributed by atoms with Crippen LogP contribution in [-0.2, 0) is 19.8 Å². The average Bonchev–Trinajstić information content (AvgIpc) is 3.49. The van der Waals surface area contributed by atoms with Gasteiger partial charge in [0.15, 0.2) is 5.17 Å². The van der Waals surface area contributed by atoms with Crippen LogP contribution in [0.5, 0.6) is 0 Å². The highest BCUT2D eigenvalue weighted by Gasteiger charge is 2.71. The zero-order chi connectivity index (χ0) is 27.1. The number of rotatable bonds is 7. The standard InChI is InChI=1S/C25H37BrFN3O4SSi/c1-23(2,3)34-22(32)30(15-33-11-12-36(6,7)8)21-29-24(4,17-13-16(26)9-10-18(17)27)19-14-25(19,35-21)20(31)28-5/h9-10,13,19H,11-12,14-15H2,1-8H3,(H,28,31)/t19-,24+,25-/m0/s1. The van der Waals surface area contributed by atoms with E-state index in [2.05, 4.69) is 40.9 Å². The van der Waals surface area contributed by atoms with Crippen LogP contribution in [0.3, 0.4) is 0 Å². The zero-order valence-corrected chi connectivity index (χ0v) is 25.7. The lowest BCUT2D eigenvalue weighted by molar-refractivity contribution is -0.121. The first-order valence-corrected chi connectivity index (χ1v) is 17.4. The summed E-state index contributed by atoms with van der Waals surface area (Å²) in [5, 5.41) is 3.04. The van der Waals surface area contributed by atoms with Crippen molar-refractivity contribution in [3.05, 3.63) is 34.1 Å². The van der Waals surface area contributed by atoms with Crippen molar-refractivity contribution in [3.8, 4) is 0 Å². The van der Waals surface area contributed by atoms with Crippen LogP contribution in [0.15, 0.2) is 27.7 Å². The normalized spacial score (nSPS) is 25.5. The number of amidine groups is 1. The molecular weight excluding hydrogens is 565 g/mol. The van der Waals surface area contributed by atoms with Crippen LogP contribution in [0.2, 0.25) is 25.7 Å². The predicted molar refractivity (Wildman–Crippen MR) is 148 cm³/mol. The summed E-state index contributed by atoms with van der Waals surface area (Å²) in [6, 6.07) is 5.64. The molecule has 1 aliphatic carbocycles. The second-order valence-corrected chi connectivity index (χ2v) is 19.6. The first kappa shape index (κ1) is 29.1. The Balaban J connectivity index is 2.05. The van der Waals surface area contributed by atoms with Gasteiger partial charge in [-0.2, -0.15) is 0 Å². The largest absolute Gasteiger partial charge is 0.443 e. The van der Waals surface area contributed by atoms with Crippen molar-refractivity contribution in [3.63, 3.8) is 0 Å². The van der Waals surface area contributed by atoms with E-state index < -0.39 is 35.9 Å². The van der Waals surface area contributed by atoms with E-state index in [9.17, 15) is 9.59 Å². The minimum Gasteiger partial charge on any atom is -0.443 e. The maximum Gasteiger partial charge on any atom is 0.418 e. The van der Waals surface area contributed by atoms with E-state index in [-0.39, 0.29) is 23.7 Å². The molecule has 1 N–H and O–H groups in total. The van der Waals surface area contributed by atoms with Crippen LogP contribution in [-0.4, -0.2) is 60.9 Å². The number of amides is 2. The highest BCUT2D eigenvalue weighted by molar-refractivity contribution is 9.10. The van der Waals surface area contributed by atoms with Crippen molar-refractivity contribution < 1.29 is 23.5 Å². The molecule has 7 nitrogen and oxygen atoms in total. The van der Waals surface area contributed by atoms with Crippen LogP contribution >= 0.6 is 27.7 Å². The third kappa shape index (κ3) is 6.34. The summed E-state index contributed by atoms with van der Waals surface area (Å²) in [6.45, 7) is 14.4. The molecule has 1 heterocycles. The molecule has 1 aromatic carbocycles. The molecule has 2 aliphatic rings. The van der Waals surface area contributed by atoms with Crippen molar-refractivity contribution in [2.75, 3.05) is 20.4 Å². The van der Waals surface area contributed by atoms with Gasteiger partial charge in [-0.15, -0.1) is 0 Å². The summed E-state index contributed by atoms with van der Waals surface area (Å²) in [5.74, 6) is -0.824. The predicted octanol–water partition coefficient (Wildman–Crippen LogP) is 5.96. The van der Waals surface area contributed by atoms with Gasteiger partial charge in [-0.25, -0.2) is 14.1 Å². The number of halogens is 2. The fraction of sp³-hybridized carbons (Fsp3) is 0.640. The number of fused-ring (bicyclic) bond motifs is 1. The van der Waals surface area contributed by atoms with Gasteiger partial charge >= 0.3 is 6.09 Å². The molecule has 0 spiro atoms. The Labute approximate surface area is 227 Å². The van der Waals surface area contributed by atoms with E-state index in [0.717, 1.165) is 6.04 Å². The number of ether oxygens (including phenoxy) is 2. The van der Waals surface area contributed by atoms with Gasteiger partial charge < -0.3 is 14.8 Å². The van der Waals surface area contributed by atoms with Crippen LogP contribution in [0.25, 0.3) is 0 Å². The summed E-state index contributed by atoms with van der Waals surface area (Å²) >= 11 is 4.67. The molecule has 2 amide bonds. The lowest BCUT2D eigenvalue weighted by atomic mass is 9.85. The van der Waals surface area contributed by atoms with E-state index in [1.165, 1.54) is 22.7 Å². The third-order valence-corrected chi connectivity index (χ3v) is 10.0. The fourth-order valence-corrected chi connectivity index (χ4v) is 7.00. The number of aliphatic imine (C=N–C) groups is 1. The maximum atomic E-state index is 15.1. The number of thioether (sulfide) groups is 1. The molecule has 0 radical (unpaired) electrons. The van der Waals surface area contributed by atoms with E-state index in [1.54, 1.807) is 40.0 Å². The highest BCUT2D eigenvalue weighted by atomic mass is 79.9. The van der Waals surface area contributed by atoms with Crippen molar-refractivity contribution in [2.24, 2.45) is 10.9 Å². The Kier molecular flexibility index (Phi) is 8.40. The maximum absolute atomic E-state index is 15.1. The number of nitrogens with one attached hydrogen (secondary N) is 1. The zero-order valence-electron chi connectivity index (χ0n) is 22.3. The monoisotopic (exact) mass is 601 g/mol. The van der Waals surface area contributed by atoms with Gasteiger partial charge in [-0.05, 0) is 58.4 Å². The molecule has 200 valence electrons. The Bertz CT molecular complexity index is 1060. The van der Waals surface area contributed by atoms with Gasteiger partial charge in [-0.3, -0.25) is 9.79 Å². The molecule has 3 rings (SSSR count).